The number of anilines is 2. The van der Waals surface area contributed by atoms with Crippen molar-refractivity contribution >= 4 is 28.8 Å². The van der Waals surface area contributed by atoms with Gasteiger partial charge in [-0.15, -0.1) is 0 Å². The fourth-order valence-electron chi connectivity index (χ4n) is 6.89. The van der Waals surface area contributed by atoms with Crippen LogP contribution in [0.25, 0.3) is 22.5 Å². The lowest BCUT2D eigenvalue weighted by molar-refractivity contribution is -0.143. The molecule has 13 nitrogen and oxygen atoms in total. The second-order valence-corrected chi connectivity index (χ2v) is 12.8. The molecule has 0 atom stereocenters. The summed E-state index contributed by atoms with van der Waals surface area (Å²) in [6, 6.07) is 11.1. The maximum atomic E-state index is 14.3. The number of benzene rings is 1. The van der Waals surface area contributed by atoms with Crippen LogP contribution in [-0.4, -0.2) is 69.2 Å². The van der Waals surface area contributed by atoms with Crippen molar-refractivity contribution in [2.75, 3.05) is 24.1 Å². The number of nitrogen functional groups attached to an aromatic ring is 1. The normalized spacial score (nSPS) is 15.6. The van der Waals surface area contributed by atoms with Gasteiger partial charge in [-0.25, -0.2) is 13.9 Å². The Bertz CT molecular complexity index is 2060. The highest BCUT2D eigenvalue weighted by atomic mass is 19.1. The van der Waals surface area contributed by atoms with E-state index in [2.05, 4.69) is 20.5 Å². The number of carbonyl (C=O) groups is 2. The smallest absolute Gasteiger partial charge is 0.286 e. The Morgan fingerprint density at radius 1 is 1.06 bits per heavy atom. The van der Waals surface area contributed by atoms with Crippen molar-refractivity contribution in [3.63, 3.8) is 0 Å². The predicted octanol–water partition coefficient (Wildman–Crippen LogP) is 3.71. The molecule has 14 heteroatoms. The first kappa shape index (κ1) is 30.4. The molecule has 6 heterocycles. The minimum atomic E-state index is -1.91. The summed E-state index contributed by atoms with van der Waals surface area (Å²) in [5, 5.41) is 11.8. The molecule has 1 aromatic carbocycles. The molecule has 1 fully saturated rings. The van der Waals surface area contributed by atoms with Crippen molar-refractivity contribution < 1.29 is 14.0 Å². The Kier molecular flexibility index (Phi) is 7.44. The zero-order valence-electron chi connectivity index (χ0n) is 26.6. The van der Waals surface area contributed by atoms with Crippen molar-refractivity contribution in [1.82, 2.24) is 38.6 Å². The van der Waals surface area contributed by atoms with Crippen LogP contribution in [0.2, 0.25) is 0 Å². The molecular weight excluding hydrogens is 603 g/mol. The largest absolute Gasteiger partial charge is 0.382 e. The lowest BCUT2D eigenvalue weighted by Gasteiger charge is -2.34. The van der Waals surface area contributed by atoms with Crippen LogP contribution in [0.4, 0.5) is 15.9 Å². The molecule has 2 aliphatic rings. The van der Waals surface area contributed by atoms with Crippen LogP contribution >= 0.6 is 0 Å². The van der Waals surface area contributed by atoms with Gasteiger partial charge in [-0.1, -0.05) is 12.1 Å². The number of nitrogens with two attached hydrogens (primary N) is 1. The van der Waals surface area contributed by atoms with Crippen molar-refractivity contribution in [1.29, 1.82) is 0 Å². The molecule has 1 saturated heterocycles. The number of amides is 2. The second-order valence-electron chi connectivity index (χ2n) is 12.8. The summed E-state index contributed by atoms with van der Waals surface area (Å²) < 4.78 is 21.1. The van der Waals surface area contributed by atoms with Crippen molar-refractivity contribution in [3.05, 3.63) is 76.2 Å². The molecule has 0 radical (unpaired) electrons. The van der Waals surface area contributed by atoms with Gasteiger partial charge >= 0.3 is 0 Å². The first-order chi connectivity index (χ1) is 22.5. The van der Waals surface area contributed by atoms with Crippen LogP contribution in [-0.2, 0) is 24.8 Å². The maximum Gasteiger partial charge on any atom is 0.286 e. The molecule has 5 aromatic rings. The van der Waals surface area contributed by atoms with E-state index in [9.17, 15) is 18.8 Å². The number of piperidine rings is 1. The summed E-state index contributed by atoms with van der Waals surface area (Å²) in [7, 11) is 1.79. The third-order valence-electron chi connectivity index (χ3n) is 9.20. The number of aromatic nitrogens is 7. The zero-order valence-corrected chi connectivity index (χ0v) is 26.6. The first-order valence-electron chi connectivity index (χ1n) is 15.9. The van der Waals surface area contributed by atoms with Crippen molar-refractivity contribution in [3.8, 4) is 16.9 Å². The van der Waals surface area contributed by atoms with Gasteiger partial charge in [0.1, 0.15) is 17.4 Å². The number of alkyl halides is 1. The molecule has 4 aromatic heterocycles. The van der Waals surface area contributed by atoms with E-state index in [0.29, 0.717) is 67.4 Å². The highest BCUT2D eigenvalue weighted by molar-refractivity contribution is 6.05. The molecule has 2 amide bonds. The summed E-state index contributed by atoms with van der Waals surface area (Å²) in [6.45, 7) is 4.12. The standard InChI is InChI=1S/C33H37FN10O3/c1-33(2,34)32(47)41-16-11-21(12-17-41)25-18-23(28-29(35)36-19-37-43(25)28)20-7-9-22(10-8-20)38-30(45)27-24-6-4-5-14-42(24)44(31(27)46)26-13-15-40(3)39-26/h7-10,13,15,18-19,21H,4-6,11-12,14,16-17H2,1-3H3,(H,38,45)(H2,35,36,37). The average Bonchev–Trinajstić information content (AvgIpc) is 3.74. The van der Waals surface area contributed by atoms with E-state index >= 15 is 0 Å². The Balaban J connectivity index is 1.15. The number of aryl methyl sites for hydroxylation is 1. The van der Waals surface area contributed by atoms with Gasteiger partial charge in [0.25, 0.3) is 17.4 Å². The van der Waals surface area contributed by atoms with Crippen LogP contribution in [0.3, 0.4) is 0 Å². The summed E-state index contributed by atoms with van der Waals surface area (Å²) in [6.07, 6.45) is 6.95. The molecule has 244 valence electrons. The number of nitrogens with one attached hydrogen (secondary N) is 1. The van der Waals surface area contributed by atoms with Crippen LogP contribution in [0.15, 0.2) is 53.7 Å². The molecule has 0 spiro atoms. The van der Waals surface area contributed by atoms with Crippen molar-refractivity contribution in [2.24, 2.45) is 7.05 Å². The van der Waals surface area contributed by atoms with Crippen LogP contribution in [0.1, 0.15) is 67.2 Å². The van der Waals surface area contributed by atoms with Gasteiger partial charge in [0.05, 0.1) is 5.69 Å². The highest BCUT2D eigenvalue weighted by Crippen LogP contribution is 2.37. The lowest BCUT2D eigenvalue weighted by Crippen LogP contribution is -2.46. The molecule has 47 heavy (non-hydrogen) atoms. The number of rotatable bonds is 6. The molecule has 0 bridgehead atoms. The minimum Gasteiger partial charge on any atom is -0.382 e. The van der Waals surface area contributed by atoms with Gasteiger partial charge in [-0.2, -0.15) is 14.9 Å². The number of carbonyl (C=O) groups excluding carboxylic acids is 2. The first-order valence-corrected chi connectivity index (χ1v) is 15.9. The number of fused-ring (bicyclic) bond motifs is 2. The molecule has 7 rings (SSSR count). The quantitative estimate of drug-likeness (QED) is 0.287. The summed E-state index contributed by atoms with van der Waals surface area (Å²) >= 11 is 0. The third-order valence-corrected chi connectivity index (χ3v) is 9.20. The third kappa shape index (κ3) is 5.36. The topological polar surface area (TPSA) is 150 Å². The number of hydrogen-bond acceptors (Lipinski definition) is 7. The second kappa shape index (κ2) is 11.5. The molecule has 0 unspecified atom stereocenters. The number of nitrogens with zero attached hydrogens (tertiary/aromatic N) is 8. The van der Waals surface area contributed by atoms with E-state index in [0.717, 1.165) is 29.7 Å². The fraction of sp³-hybridized carbons (Fsp3) is 0.394. The van der Waals surface area contributed by atoms with Gasteiger partial charge < -0.3 is 16.0 Å². The molecule has 3 N–H and O–H groups in total. The predicted molar refractivity (Wildman–Crippen MR) is 174 cm³/mol. The van der Waals surface area contributed by atoms with Gasteiger partial charge in [-0.3, -0.25) is 23.7 Å². The van der Waals surface area contributed by atoms with Gasteiger partial charge in [-0.05, 0) is 69.7 Å². The van der Waals surface area contributed by atoms with Crippen LogP contribution in [0.5, 0.6) is 0 Å². The van der Waals surface area contributed by atoms with Gasteiger partial charge in [0.15, 0.2) is 17.3 Å². The lowest BCUT2D eigenvalue weighted by atomic mass is 9.92. The molecule has 0 saturated carbocycles. The molecular formula is C33H37FN10O3. The Labute approximate surface area is 269 Å². The number of halogens is 1. The fourth-order valence-corrected chi connectivity index (χ4v) is 6.89. The number of hydrogen-bond donors (Lipinski definition) is 2. The van der Waals surface area contributed by atoms with Crippen LogP contribution < -0.4 is 16.6 Å². The Hall–Kier alpha value is -5.27. The summed E-state index contributed by atoms with van der Waals surface area (Å²) in [4.78, 5) is 45.5. The summed E-state index contributed by atoms with van der Waals surface area (Å²) in [5.41, 5.74) is 8.74. The minimum absolute atomic E-state index is 0.0827. The van der Waals surface area contributed by atoms with E-state index in [1.54, 1.807) is 45.5 Å². The van der Waals surface area contributed by atoms with E-state index in [-0.39, 0.29) is 17.0 Å². The molecule has 0 aliphatic carbocycles. The zero-order chi connectivity index (χ0) is 33.0. The monoisotopic (exact) mass is 640 g/mol. The Morgan fingerprint density at radius 2 is 1.81 bits per heavy atom. The molecule has 2 aliphatic heterocycles. The van der Waals surface area contributed by atoms with Gasteiger partial charge in [0, 0.05) is 61.8 Å². The van der Waals surface area contributed by atoms with E-state index in [1.807, 2.05) is 22.9 Å². The summed E-state index contributed by atoms with van der Waals surface area (Å²) in [5.74, 6) is -0.0636. The number of likely N-dealkylation sites (tertiary alicyclic amines) is 1. The van der Waals surface area contributed by atoms with Crippen LogP contribution in [0, 0.1) is 0 Å². The van der Waals surface area contributed by atoms with E-state index in [1.165, 1.54) is 24.9 Å². The van der Waals surface area contributed by atoms with Crippen molar-refractivity contribution in [2.45, 2.75) is 64.1 Å². The van der Waals surface area contributed by atoms with Gasteiger partial charge in [0.2, 0.25) is 0 Å². The maximum absolute atomic E-state index is 14.3. The van der Waals surface area contributed by atoms with E-state index in [4.69, 9.17) is 5.73 Å². The SMILES string of the molecule is Cn1ccc(-n2c(=O)c(C(=O)Nc3ccc(-c4cc(C5CCN(C(=O)C(C)(C)F)CC5)n5ncnc(N)c45)cc3)c3n2CCCC3)n1. The highest BCUT2D eigenvalue weighted by Gasteiger charge is 2.35. The Morgan fingerprint density at radius 3 is 2.49 bits per heavy atom. The van der Waals surface area contributed by atoms with E-state index < -0.39 is 17.5 Å². The average molecular weight is 641 g/mol.